The smallest absolute Gasteiger partial charge is 0.311 e. The van der Waals surface area contributed by atoms with Crippen molar-refractivity contribution in [2.24, 2.45) is 30.7 Å². The molecule has 0 heterocycles. The number of unbranched alkanes of at least 4 members (excludes halogenated alkanes) is 1. The summed E-state index contributed by atoms with van der Waals surface area (Å²) in [4.78, 5) is 14.4. The number of nitrogens with zero attached hydrogens (tertiary/aromatic N) is 7. The Hall–Kier alpha value is -6.29. The van der Waals surface area contributed by atoms with Crippen LogP contribution >= 0.6 is 0 Å². The van der Waals surface area contributed by atoms with Crippen LogP contribution in [0.15, 0.2) is 165 Å². The third kappa shape index (κ3) is 10.6. The molecule has 0 saturated carbocycles. The Morgan fingerprint density at radius 1 is 0.647 bits per heavy atom. The SMILES string of the molecule is C=CC(=C)OCCCCC(=O)Oc1ccc(N=Nc2ccc(N=Nc3ccc(N=Nc4ccc(N(CC)CC)cc4)c4ccccc34)cc2)cc1. The summed E-state index contributed by atoms with van der Waals surface area (Å²) in [5.41, 5.74) is 5.41. The summed E-state index contributed by atoms with van der Waals surface area (Å²) in [6.07, 6.45) is 3.22. The number of carbonyl (C=O) groups is 1. The maximum Gasteiger partial charge on any atom is 0.311 e. The van der Waals surface area contributed by atoms with E-state index in [4.69, 9.17) is 9.47 Å². The van der Waals surface area contributed by atoms with Gasteiger partial charge in [-0.3, -0.25) is 4.79 Å². The summed E-state index contributed by atoms with van der Waals surface area (Å²) in [5.74, 6) is 0.674. The molecular weight excluding hydrogens is 638 g/mol. The Labute approximate surface area is 298 Å². The summed E-state index contributed by atoms with van der Waals surface area (Å²) in [5, 5.41) is 28.5. The van der Waals surface area contributed by atoms with Crippen molar-refractivity contribution >= 4 is 56.6 Å². The first-order valence-electron chi connectivity index (χ1n) is 16.9. The van der Waals surface area contributed by atoms with E-state index < -0.39 is 0 Å². The van der Waals surface area contributed by atoms with Crippen LogP contribution in [-0.4, -0.2) is 25.7 Å². The van der Waals surface area contributed by atoms with E-state index in [1.165, 1.54) is 5.69 Å². The topological polar surface area (TPSA) is 113 Å². The Balaban J connectivity index is 1.15. The van der Waals surface area contributed by atoms with Gasteiger partial charge in [0.05, 0.1) is 40.7 Å². The second-order valence-electron chi connectivity index (χ2n) is 11.4. The van der Waals surface area contributed by atoms with Crippen LogP contribution in [0.1, 0.15) is 33.1 Å². The predicted molar refractivity (Wildman–Crippen MR) is 204 cm³/mol. The molecule has 51 heavy (non-hydrogen) atoms. The summed E-state index contributed by atoms with van der Waals surface area (Å²) >= 11 is 0. The van der Waals surface area contributed by atoms with Crippen LogP contribution in [0, 0.1) is 0 Å². The van der Waals surface area contributed by atoms with Crippen LogP contribution in [0.25, 0.3) is 10.8 Å². The second kappa shape index (κ2) is 18.5. The molecule has 10 nitrogen and oxygen atoms in total. The summed E-state index contributed by atoms with van der Waals surface area (Å²) in [7, 11) is 0. The van der Waals surface area contributed by atoms with Gasteiger partial charge in [0.1, 0.15) is 11.5 Å². The zero-order valence-electron chi connectivity index (χ0n) is 29.0. The van der Waals surface area contributed by atoms with Crippen molar-refractivity contribution in [2.45, 2.75) is 33.1 Å². The number of benzene rings is 5. The van der Waals surface area contributed by atoms with Crippen LogP contribution < -0.4 is 9.64 Å². The number of allylic oxidation sites excluding steroid dienone is 1. The van der Waals surface area contributed by atoms with Gasteiger partial charge in [-0.25, -0.2) is 0 Å². The molecular formula is C41H41N7O3. The molecule has 0 aromatic heterocycles. The Morgan fingerprint density at radius 2 is 1.12 bits per heavy atom. The van der Waals surface area contributed by atoms with Crippen molar-refractivity contribution in [3.05, 3.63) is 134 Å². The molecule has 0 fully saturated rings. The normalized spacial score (nSPS) is 11.4. The molecule has 0 aliphatic heterocycles. The van der Waals surface area contributed by atoms with E-state index in [0.29, 0.717) is 48.0 Å². The fraction of sp³-hybridized carbons (Fsp3) is 0.195. The van der Waals surface area contributed by atoms with Gasteiger partial charge >= 0.3 is 5.97 Å². The number of fused-ring (bicyclic) bond motifs is 1. The van der Waals surface area contributed by atoms with E-state index in [0.717, 1.165) is 47.3 Å². The van der Waals surface area contributed by atoms with E-state index in [2.05, 4.69) is 74.7 Å². The molecule has 10 heteroatoms. The summed E-state index contributed by atoms with van der Waals surface area (Å²) < 4.78 is 10.7. The van der Waals surface area contributed by atoms with Gasteiger partial charge in [0, 0.05) is 36.0 Å². The molecule has 0 saturated heterocycles. The maximum absolute atomic E-state index is 12.1. The molecule has 5 aromatic carbocycles. The Kier molecular flexibility index (Phi) is 13.0. The largest absolute Gasteiger partial charge is 0.494 e. The molecule has 5 aromatic rings. The van der Waals surface area contributed by atoms with Crippen LogP contribution in [0.5, 0.6) is 5.75 Å². The highest BCUT2D eigenvalue weighted by molar-refractivity contribution is 5.99. The average molecular weight is 680 g/mol. The Bertz CT molecular complexity index is 2020. The van der Waals surface area contributed by atoms with Crippen molar-refractivity contribution in [3.8, 4) is 5.75 Å². The van der Waals surface area contributed by atoms with Gasteiger partial charge in [0.15, 0.2) is 0 Å². The number of rotatable bonds is 17. The average Bonchev–Trinajstić information content (AvgIpc) is 3.17. The van der Waals surface area contributed by atoms with E-state index >= 15 is 0 Å². The second-order valence-corrected chi connectivity index (χ2v) is 11.4. The number of esters is 1. The lowest BCUT2D eigenvalue weighted by atomic mass is 10.1. The lowest BCUT2D eigenvalue weighted by Gasteiger charge is -2.20. The first-order valence-corrected chi connectivity index (χ1v) is 16.9. The van der Waals surface area contributed by atoms with Gasteiger partial charge in [0.25, 0.3) is 0 Å². The van der Waals surface area contributed by atoms with Crippen LogP contribution in [0.2, 0.25) is 0 Å². The van der Waals surface area contributed by atoms with Crippen LogP contribution in [0.4, 0.5) is 39.8 Å². The number of ether oxygens (including phenoxy) is 2. The van der Waals surface area contributed by atoms with E-state index in [-0.39, 0.29) is 5.97 Å². The van der Waals surface area contributed by atoms with Crippen LogP contribution in [-0.2, 0) is 9.53 Å². The number of hydrogen-bond acceptors (Lipinski definition) is 10. The molecule has 0 aliphatic carbocycles. The highest BCUT2D eigenvalue weighted by Gasteiger charge is 2.07. The lowest BCUT2D eigenvalue weighted by Crippen LogP contribution is -2.21. The van der Waals surface area contributed by atoms with Gasteiger partial charge in [-0.15, -0.1) is 10.2 Å². The molecule has 0 atom stereocenters. The minimum atomic E-state index is -0.302. The molecule has 0 amide bonds. The number of anilines is 1. The molecule has 0 N–H and O–H groups in total. The minimum absolute atomic E-state index is 0.296. The number of hydrogen-bond donors (Lipinski definition) is 0. The van der Waals surface area contributed by atoms with Gasteiger partial charge in [-0.2, -0.15) is 20.5 Å². The van der Waals surface area contributed by atoms with Crippen LogP contribution in [0.3, 0.4) is 0 Å². The molecule has 0 spiro atoms. The molecule has 0 aliphatic rings. The summed E-state index contributed by atoms with van der Waals surface area (Å²) in [6, 6.07) is 34.1. The first kappa shape index (κ1) is 36.0. The third-order valence-corrected chi connectivity index (χ3v) is 7.89. The van der Waals surface area contributed by atoms with Gasteiger partial charge in [0.2, 0.25) is 0 Å². The molecule has 0 bridgehead atoms. The predicted octanol–water partition coefficient (Wildman–Crippen LogP) is 12.7. The first-order chi connectivity index (χ1) is 24.9. The standard InChI is InChI=1S/C41H41N7O3/c1-5-30(4)50-29-11-10-14-41(49)51-36-25-21-34(22-26-36)43-42-31-15-17-32(18-16-31)44-46-39-27-28-40(38-13-9-8-12-37(38)39)47-45-33-19-23-35(24-20-33)48(6-2)7-3/h5,8-9,12-13,15-28H,1,4,6-7,10-11,14,29H2,2-3H3. The molecule has 0 unspecified atom stereocenters. The zero-order chi connectivity index (χ0) is 35.8. The molecule has 258 valence electrons. The fourth-order valence-corrected chi connectivity index (χ4v) is 5.08. The third-order valence-electron chi connectivity index (χ3n) is 7.89. The number of azo groups is 3. The van der Waals surface area contributed by atoms with Gasteiger partial charge in [-0.05, 0) is 118 Å². The fourth-order valence-electron chi connectivity index (χ4n) is 5.08. The van der Waals surface area contributed by atoms with E-state index in [1.807, 2.05) is 72.8 Å². The Morgan fingerprint density at radius 3 is 1.61 bits per heavy atom. The monoisotopic (exact) mass is 679 g/mol. The number of carbonyl (C=O) groups excluding carboxylic acids is 1. The molecule has 5 rings (SSSR count). The minimum Gasteiger partial charge on any atom is -0.494 e. The van der Waals surface area contributed by atoms with Crippen molar-refractivity contribution in [1.82, 2.24) is 0 Å². The zero-order valence-corrected chi connectivity index (χ0v) is 29.0. The van der Waals surface area contributed by atoms with E-state index in [1.54, 1.807) is 30.3 Å². The molecule has 0 radical (unpaired) electrons. The van der Waals surface area contributed by atoms with Crippen molar-refractivity contribution in [3.63, 3.8) is 0 Å². The maximum atomic E-state index is 12.1. The highest BCUT2D eigenvalue weighted by Crippen LogP contribution is 2.35. The van der Waals surface area contributed by atoms with Gasteiger partial charge < -0.3 is 14.4 Å². The summed E-state index contributed by atoms with van der Waals surface area (Å²) in [6.45, 7) is 14.0. The highest BCUT2D eigenvalue weighted by atomic mass is 16.5. The van der Waals surface area contributed by atoms with E-state index in [9.17, 15) is 4.79 Å². The van der Waals surface area contributed by atoms with Gasteiger partial charge in [-0.1, -0.05) is 37.4 Å². The van der Waals surface area contributed by atoms with Crippen molar-refractivity contribution in [1.29, 1.82) is 0 Å². The van der Waals surface area contributed by atoms with Crippen molar-refractivity contribution in [2.75, 3.05) is 24.6 Å². The lowest BCUT2D eigenvalue weighted by molar-refractivity contribution is -0.134. The van der Waals surface area contributed by atoms with Crippen molar-refractivity contribution < 1.29 is 14.3 Å². The quantitative estimate of drug-likeness (QED) is 0.0243.